The van der Waals surface area contributed by atoms with Gasteiger partial charge in [-0.05, 0) is 61.2 Å². The second kappa shape index (κ2) is 10.6. The Labute approximate surface area is 218 Å². The summed E-state index contributed by atoms with van der Waals surface area (Å²) in [5, 5.41) is 9.19. The van der Waals surface area contributed by atoms with Crippen LogP contribution in [-0.2, 0) is 6.18 Å². The van der Waals surface area contributed by atoms with E-state index in [0.29, 0.717) is 63.4 Å². The number of nitriles is 1. The maximum absolute atomic E-state index is 13.5. The number of urea groups is 1. The van der Waals surface area contributed by atoms with Crippen LogP contribution in [0.2, 0.25) is 0 Å². The second-order valence-corrected chi connectivity index (χ2v) is 10.1. The molecule has 0 radical (unpaired) electrons. The van der Waals surface area contributed by atoms with E-state index in [2.05, 4.69) is 11.1 Å². The van der Waals surface area contributed by atoms with Gasteiger partial charge in [0.1, 0.15) is 5.82 Å². The van der Waals surface area contributed by atoms with Crippen LogP contribution in [0.1, 0.15) is 41.9 Å². The third kappa shape index (κ3) is 5.57. The first-order chi connectivity index (χ1) is 18.2. The van der Waals surface area contributed by atoms with E-state index in [1.165, 1.54) is 24.3 Å². The summed E-state index contributed by atoms with van der Waals surface area (Å²) in [6.07, 6.45) is -2.54. The number of benzene rings is 2. The fraction of sp³-hybridized carbons (Fsp3) is 0.429. The number of halogens is 4. The van der Waals surface area contributed by atoms with E-state index >= 15 is 0 Å². The van der Waals surface area contributed by atoms with Gasteiger partial charge in [-0.25, -0.2) is 14.2 Å². The predicted molar refractivity (Wildman–Crippen MR) is 134 cm³/mol. The van der Waals surface area contributed by atoms with Gasteiger partial charge >= 0.3 is 12.2 Å². The third-order valence-electron chi connectivity index (χ3n) is 7.59. The second-order valence-electron chi connectivity index (χ2n) is 10.1. The number of rotatable bonds is 3. The van der Waals surface area contributed by atoms with Crippen LogP contribution in [0.3, 0.4) is 0 Å². The molecule has 3 aliphatic heterocycles. The molecule has 0 N–H and O–H groups in total. The Hall–Kier alpha value is -3.74. The van der Waals surface area contributed by atoms with Gasteiger partial charge in [-0.15, -0.1) is 0 Å². The van der Waals surface area contributed by atoms with Crippen LogP contribution in [0.4, 0.5) is 22.4 Å². The Bertz CT molecular complexity index is 1270. The number of carbonyl (C=O) groups is 1. The van der Waals surface area contributed by atoms with Crippen LogP contribution in [0.25, 0.3) is 0 Å². The van der Waals surface area contributed by atoms with Crippen LogP contribution in [0.5, 0.6) is 0 Å². The normalized spacial score (nSPS) is 22.6. The molecule has 198 valence electrons. The van der Waals surface area contributed by atoms with Crippen molar-refractivity contribution in [2.24, 2.45) is 21.8 Å². The zero-order chi connectivity index (χ0) is 26.9. The molecule has 0 saturated carbocycles. The molecule has 38 heavy (non-hydrogen) atoms. The number of amidine groups is 1. The average molecular weight is 526 g/mol. The molecule has 6 nitrogen and oxygen atoms in total. The summed E-state index contributed by atoms with van der Waals surface area (Å²) in [6, 6.07) is 13.2. The molecular formula is C28H27F4N5O. The lowest BCUT2D eigenvalue weighted by atomic mass is 9.82. The average Bonchev–Trinajstić information content (AvgIpc) is 3.43. The smallest absolute Gasteiger partial charge is 0.325 e. The molecule has 2 atom stereocenters. The highest BCUT2D eigenvalue weighted by Gasteiger charge is 2.37. The molecule has 3 aliphatic rings. The number of carbonyl (C=O) groups excluding carboxylic acids is 1. The SMILES string of the molecule is N#CC1CCN(C(=O)N2CC(C3=NC(c4ccc(F)cc4)=NC3)CC(c3ccc(C(F)(F)F)cc3)C2)CC1. The van der Waals surface area contributed by atoms with Gasteiger partial charge < -0.3 is 9.80 Å². The van der Waals surface area contributed by atoms with E-state index in [1.807, 2.05) is 0 Å². The zero-order valence-corrected chi connectivity index (χ0v) is 20.7. The maximum atomic E-state index is 13.5. The zero-order valence-electron chi connectivity index (χ0n) is 20.7. The van der Waals surface area contributed by atoms with Gasteiger partial charge in [-0.2, -0.15) is 18.4 Å². The van der Waals surface area contributed by atoms with Crippen LogP contribution < -0.4 is 0 Å². The summed E-state index contributed by atoms with van der Waals surface area (Å²) in [7, 11) is 0. The van der Waals surface area contributed by atoms with Crippen molar-refractivity contribution in [1.29, 1.82) is 5.26 Å². The van der Waals surface area contributed by atoms with Crippen molar-refractivity contribution < 1.29 is 22.4 Å². The number of amides is 2. The van der Waals surface area contributed by atoms with Gasteiger partial charge in [0.05, 0.1) is 18.2 Å². The van der Waals surface area contributed by atoms with Crippen molar-refractivity contribution in [2.45, 2.75) is 31.4 Å². The lowest BCUT2D eigenvalue weighted by molar-refractivity contribution is -0.137. The Kier molecular flexibility index (Phi) is 7.19. The van der Waals surface area contributed by atoms with Crippen molar-refractivity contribution >= 4 is 17.6 Å². The number of hydrogen-bond acceptors (Lipinski definition) is 4. The molecule has 2 saturated heterocycles. The summed E-state index contributed by atoms with van der Waals surface area (Å²) in [5.41, 5.74) is 1.54. The van der Waals surface area contributed by atoms with Gasteiger partial charge in [-0.3, -0.25) is 4.99 Å². The van der Waals surface area contributed by atoms with Crippen molar-refractivity contribution in [3.63, 3.8) is 0 Å². The molecule has 10 heteroatoms. The standard InChI is InChI=1S/C28H27F4N5O/c29-24-7-3-20(4-8-24)26-34-15-25(35-26)22-13-21(19-1-5-23(6-2-19)28(30,31)32)16-37(17-22)27(38)36-11-9-18(14-33)10-12-36/h1-8,18,21-22H,9-13,15-17H2. The predicted octanol–water partition coefficient (Wildman–Crippen LogP) is 5.51. The number of aliphatic imine (C=N–C) groups is 2. The Morgan fingerprint density at radius 2 is 1.61 bits per heavy atom. The van der Waals surface area contributed by atoms with E-state index in [9.17, 15) is 27.6 Å². The number of likely N-dealkylation sites (tertiary alicyclic amines) is 2. The molecule has 2 aromatic carbocycles. The minimum absolute atomic E-state index is 0.0528. The number of nitrogens with zero attached hydrogens (tertiary/aromatic N) is 5. The first-order valence-corrected chi connectivity index (χ1v) is 12.7. The molecule has 0 aliphatic carbocycles. The summed E-state index contributed by atoms with van der Waals surface area (Å²) >= 11 is 0. The highest BCUT2D eigenvalue weighted by atomic mass is 19.4. The molecule has 0 spiro atoms. The molecule has 5 rings (SSSR count). The summed E-state index contributed by atoms with van der Waals surface area (Å²) < 4.78 is 52.7. The highest BCUT2D eigenvalue weighted by Crippen LogP contribution is 2.35. The first-order valence-electron chi connectivity index (χ1n) is 12.7. The third-order valence-corrected chi connectivity index (χ3v) is 7.59. The van der Waals surface area contributed by atoms with Gasteiger partial charge in [0.15, 0.2) is 5.84 Å². The minimum Gasteiger partial charge on any atom is -0.325 e. The molecule has 2 fully saturated rings. The molecule has 3 heterocycles. The number of piperidine rings is 2. The van der Waals surface area contributed by atoms with E-state index in [0.717, 1.165) is 23.4 Å². The minimum atomic E-state index is -4.42. The van der Waals surface area contributed by atoms with Gasteiger partial charge in [0, 0.05) is 55.2 Å². The molecule has 2 aromatic rings. The molecular weight excluding hydrogens is 498 g/mol. The Morgan fingerprint density at radius 3 is 2.24 bits per heavy atom. The molecule has 0 aromatic heterocycles. The quantitative estimate of drug-likeness (QED) is 0.496. The molecule has 2 amide bonds. The van der Waals surface area contributed by atoms with Crippen LogP contribution in [-0.4, -0.2) is 60.1 Å². The maximum Gasteiger partial charge on any atom is 0.416 e. The van der Waals surface area contributed by atoms with E-state index in [-0.39, 0.29) is 29.6 Å². The monoisotopic (exact) mass is 525 g/mol. The van der Waals surface area contributed by atoms with Crippen LogP contribution in [0, 0.1) is 29.0 Å². The molecule has 0 bridgehead atoms. The van der Waals surface area contributed by atoms with Crippen molar-refractivity contribution in [1.82, 2.24) is 9.80 Å². The van der Waals surface area contributed by atoms with Crippen LogP contribution >= 0.6 is 0 Å². The Balaban J connectivity index is 1.38. The van der Waals surface area contributed by atoms with E-state index in [4.69, 9.17) is 4.99 Å². The lowest BCUT2D eigenvalue weighted by Gasteiger charge is -2.41. The van der Waals surface area contributed by atoms with Crippen molar-refractivity contribution in [3.8, 4) is 6.07 Å². The van der Waals surface area contributed by atoms with Gasteiger partial charge in [0.2, 0.25) is 0 Å². The number of alkyl halides is 3. The number of hydrogen-bond donors (Lipinski definition) is 0. The van der Waals surface area contributed by atoms with Gasteiger partial charge in [-0.1, -0.05) is 12.1 Å². The summed E-state index contributed by atoms with van der Waals surface area (Å²) in [4.78, 5) is 26.3. The van der Waals surface area contributed by atoms with E-state index in [1.54, 1.807) is 21.9 Å². The topological polar surface area (TPSA) is 72.1 Å². The first kappa shape index (κ1) is 25.9. The van der Waals surface area contributed by atoms with E-state index < -0.39 is 11.7 Å². The fourth-order valence-corrected chi connectivity index (χ4v) is 5.42. The molecule has 2 unspecified atom stereocenters. The van der Waals surface area contributed by atoms with Crippen molar-refractivity contribution in [3.05, 3.63) is 71.0 Å². The summed E-state index contributed by atoms with van der Waals surface area (Å²) in [5.74, 6) is -0.195. The summed E-state index contributed by atoms with van der Waals surface area (Å²) in [6.45, 7) is 2.17. The van der Waals surface area contributed by atoms with Gasteiger partial charge in [0.25, 0.3) is 0 Å². The largest absolute Gasteiger partial charge is 0.416 e. The lowest BCUT2D eigenvalue weighted by Crippen LogP contribution is -2.52. The highest BCUT2D eigenvalue weighted by molar-refractivity contribution is 6.12. The van der Waals surface area contributed by atoms with Crippen molar-refractivity contribution in [2.75, 3.05) is 32.7 Å². The Morgan fingerprint density at radius 1 is 0.947 bits per heavy atom. The fourth-order valence-electron chi connectivity index (χ4n) is 5.42. The van der Waals surface area contributed by atoms with Crippen LogP contribution in [0.15, 0.2) is 58.5 Å².